The molecule has 23 heavy (non-hydrogen) atoms. The molecule has 9 heteroatoms. The lowest BCUT2D eigenvalue weighted by atomic mass is 10.2. The number of pyridine rings is 1. The fourth-order valence-electron chi connectivity index (χ4n) is 1.69. The third kappa shape index (κ3) is 10.7. The Hall–Kier alpha value is -0.610. The Morgan fingerprint density at radius 3 is 2.65 bits per heavy atom. The van der Waals surface area contributed by atoms with E-state index in [1.165, 1.54) is 6.26 Å². The SMILES string of the molecule is CCNC(=NCc1ccc(Cl)nc1)NC(C)CCS(C)(=O)=O.I. The first kappa shape index (κ1) is 22.4. The van der Waals surface area contributed by atoms with Gasteiger partial charge in [-0.1, -0.05) is 17.7 Å². The van der Waals surface area contributed by atoms with Crippen molar-refractivity contribution < 1.29 is 8.42 Å². The van der Waals surface area contributed by atoms with Crippen LogP contribution in [0.15, 0.2) is 23.3 Å². The van der Waals surface area contributed by atoms with E-state index in [2.05, 4.69) is 20.6 Å². The van der Waals surface area contributed by atoms with Crippen molar-refractivity contribution in [2.45, 2.75) is 32.9 Å². The van der Waals surface area contributed by atoms with Crippen molar-refractivity contribution >= 4 is 51.4 Å². The van der Waals surface area contributed by atoms with E-state index in [1.807, 2.05) is 19.9 Å². The second kappa shape index (κ2) is 11.0. The Labute approximate surface area is 160 Å². The maximum Gasteiger partial charge on any atom is 0.191 e. The van der Waals surface area contributed by atoms with Crippen molar-refractivity contribution in [3.05, 3.63) is 29.0 Å². The Morgan fingerprint density at radius 2 is 2.13 bits per heavy atom. The zero-order valence-corrected chi connectivity index (χ0v) is 17.4. The molecule has 2 N–H and O–H groups in total. The van der Waals surface area contributed by atoms with Gasteiger partial charge in [-0.2, -0.15) is 0 Å². The van der Waals surface area contributed by atoms with Gasteiger partial charge in [-0.15, -0.1) is 24.0 Å². The summed E-state index contributed by atoms with van der Waals surface area (Å²) >= 11 is 5.74. The number of halogens is 2. The van der Waals surface area contributed by atoms with Gasteiger partial charge in [0, 0.05) is 25.0 Å². The van der Waals surface area contributed by atoms with Crippen LogP contribution in [0.5, 0.6) is 0 Å². The Morgan fingerprint density at radius 1 is 1.43 bits per heavy atom. The van der Waals surface area contributed by atoms with E-state index in [0.29, 0.717) is 24.1 Å². The highest BCUT2D eigenvalue weighted by atomic mass is 127. The number of nitrogens with zero attached hydrogens (tertiary/aromatic N) is 2. The van der Waals surface area contributed by atoms with Crippen LogP contribution in [0, 0.1) is 0 Å². The van der Waals surface area contributed by atoms with Crippen molar-refractivity contribution in [2.75, 3.05) is 18.6 Å². The van der Waals surface area contributed by atoms with Crippen LogP contribution in [0.4, 0.5) is 0 Å². The summed E-state index contributed by atoms with van der Waals surface area (Å²) in [5, 5.41) is 6.79. The van der Waals surface area contributed by atoms with Crippen LogP contribution < -0.4 is 10.6 Å². The van der Waals surface area contributed by atoms with E-state index in [0.717, 1.165) is 12.1 Å². The molecule has 1 aromatic heterocycles. The normalized spacial score (nSPS) is 13.1. The van der Waals surface area contributed by atoms with Crippen molar-refractivity contribution in [1.82, 2.24) is 15.6 Å². The molecular weight excluding hydrogens is 451 g/mol. The van der Waals surface area contributed by atoms with Gasteiger partial charge in [0.1, 0.15) is 15.0 Å². The molecule has 0 aliphatic carbocycles. The van der Waals surface area contributed by atoms with E-state index < -0.39 is 9.84 Å². The van der Waals surface area contributed by atoms with Gasteiger partial charge in [-0.25, -0.2) is 18.4 Å². The molecule has 0 saturated carbocycles. The van der Waals surface area contributed by atoms with Crippen LogP contribution in [0.2, 0.25) is 5.15 Å². The average molecular weight is 475 g/mol. The Bertz CT molecular complexity index is 593. The van der Waals surface area contributed by atoms with Crippen LogP contribution in [0.25, 0.3) is 0 Å². The molecule has 132 valence electrons. The lowest BCUT2D eigenvalue weighted by Crippen LogP contribution is -2.42. The van der Waals surface area contributed by atoms with Gasteiger partial charge in [0.05, 0.1) is 12.3 Å². The van der Waals surface area contributed by atoms with E-state index in [1.54, 1.807) is 12.3 Å². The first-order valence-corrected chi connectivity index (χ1v) is 9.57. The molecule has 0 aliphatic heterocycles. The minimum atomic E-state index is -2.95. The summed E-state index contributed by atoms with van der Waals surface area (Å²) < 4.78 is 22.4. The lowest BCUT2D eigenvalue weighted by Gasteiger charge is -2.17. The molecule has 0 spiro atoms. The molecule has 1 atom stereocenters. The average Bonchev–Trinajstić information content (AvgIpc) is 2.44. The van der Waals surface area contributed by atoms with Crippen LogP contribution in [-0.4, -0.2) is 44.0 Å². The van der Waals surface area contributed by atoms with E-state index in [4.69, 9.17) is 11.6 Å². The van der Waals surface area contributed by atoms with Crippen molar-refractivity contribution in [3.8, 4) is 0 Å². The number of aliphatic imine (C=N–C) groups is 1. The van der Waals surface area contributed by atoms with Crippen LogP contribution in [0.3, 0.4) is 0 Å². The van der Waals surface area contributed by atoms with Crippen LogP contribution in [0.1, 0.15) is 25.8 Å². The fraction of sp³-hybridized carbons (Fsp3) is 0.571. The maximum absolute atomic E-state index is 11.2. The van der Waals surface area contributed by atoms with Crippen LogP contribution in [-0.2, 0) is 16.4 Å². The number of hydrogen-bond acceptors (Lipinski definition) is 4. The summed E-state index contributed by atoms with van der Waals surface area (Å²) in [4.78, 5) is 8.47. The first-order valence-electron chi connectivity index (χ1n) is 7.13. The number of rotatable bonds is 7. The third-order valence-electron chi connectivity index (χ3n) is 2.86. The summed E-state index contributed by atoms with van der Waals surface area (Å²) in [5.41, 5.74) is 0.949. The lowest BCUT2D eigenvalue weighted by molar-refractivity contribution is 0.581. The molecule has 0 aromatic carbocycles. The summed E-state index contributed by atoms with van der Waals surface area (Å²) in [6.07, 6.45) is 3.46. The summed E-state index contributed by atoms with van der Waals surface area (Å²) in [7, 11) is -2.95. The molecule has 0 amide bonds. The molecule has 0 bridgehead atoms. The molecule has 1 heterocycles. The highest BCUT2D eigenvalue weighted by Crippen LogP contribution is 2.06. The molecule has 1 aromatic rings. The molecule has 0 aliphatic rings. The van der Waals surface area contributed by atoms with Gasteiger partial charge in [0.25, 0.3) is 0 Å². The largest absolute Gasteiger partial charge is 0.357 e. The predicted octanol–water partition coefficient (Wildman–Crippen LogP) is 2.23. The van der Waals surface area contributed by atoms with Gasteiger partial charge >= 0.3 is 0 Å². The second-order valence-electron chi connectivity index (χ2n) is 5.15. The molecule has 0 fully saturated rings. The van der Waals surface area contributed by atoms with Gasteiger partial charge in [-0.05, 0) is 31.9 Å². The Kier molecular flexibility index (Phi) is 10.7. The number of guanidine groups is 1. The van der Waals surface area contributed by atoms with E-state index >= 15 is 0 Å². The molecule has 0 saturated heterocycles. The third-order valence-corrected chi connectivity index (χ3v) is 4.06. The standard InChI is InChI=1S/C14H23ClN4O2S.HI/c1-4-16-14(19-11(2)7-8-22(3,20)21)18-10-12-5-6-13(15)17-9-12;/h5-6,9,11H,4,7-8,10H2,1-3H3,(H2,16,18,19);1H. The highest BCUT2D eigenvalue weighted by molar-refractivity contribution is 14.0. The van der Waals surface area contributed by atoms with Crippen molar-refractivity contribution in [3.63, 3.8) is 0 Å². The second-order valence-corrected chi connectivity index (χ2v) is 7.80. The maximum atomic E-state index is 11.2. The van der Waals surface area contributed by atoms with Crippen molar-refractivity contribution in [2.24, 2.45) is 4.99 Å². The monoisotopic (exact) mass is 474 g/mol. The van der Waals surface area contributed by atoms with Gasteiger partial charge < -0.3 is 10.6 Å². The highest BCUT2D eigenvalue weighted by Gasteiger charge is 2.09. The fourth-order valence-corrected chi connectivity index (χ4v) is 2.58. The minimum absolute atomic E-state index is 0. The number of aromatic nitrogens is 1. The Balaban J connectivity index is 0.00000484. The van der Waals surface area contributed by atoms with Crippen LogP contribution >= 0.6 is 35.6 Å². The zero-order valence-electron chi connectivity index (χ0n) is 13.5. The topological polar surface area (TPSA) is 83.4 Å². The number of nitrogens with one attached hydrogen (secondary N) is 2. The summed E-state index contributed by atoms with van der Waals surface area (Å²) in [5.74, 6) is 0.806. The molecule has 1 unspecified atom stereocenters. The summed E-state index contributed by atoms with van der Waals surface area (Å²) in [6, 6.07) is 3.60. The molecular formula is C14H24ClIN4O2S. The number of sulfone groups is 1. The predicted molar refractivity (Wildman–Crippen MR) is 106 cm³/mol. The van der Waals surface area contributed by atoms with Gasteiger partial charge in [0.2, 0.25) is 0 Å². The van der Waals surface area contributed by atoms with E-state index in [-0.39, 0.29) is 35.8 Å². The quantitative estimate of drug-likeness (QED) is 0.274. The molecule has 0 radical (unpaired) electrons. The van der Waals surface area contributed by atoms with Gasteiger partial charge in [-0.3, -0.25) is 0 Å². The number of hydrogen-bond donors (Lipinski definition) is 2. The van der Waals surface area contributed by atoms with E-state index in [9.17, 15) is 8.42 Å². The van der Waals surface area contributed by atoms with Gasteiger partial charge in [0.15, 0.2) is 5.96 Å². The van der Waals surface area contributed by atoms with Crippen molar-refractivity contribution in [1.29, 1.82) is 0 Å². The molecule has 1 rings (SSSR count). The summed E-state index contributed by atoms with van der Waals surface area (Å²) in [6.45, 7) is 5.10. The molecule has 6 nitrogen and oxygen atoms in total. The first-order chi connectivity index (χ1) is 10.3. The smallest absolute Gasteiger partial charge is 0.191 e. The zero-order chi connectivity index (χ0) is 16.6. The minimum Gasteiger partial charge on any atom is -0.357 e.